The predicted octanol–water partition coefficient (Wildman–Crippen LogP) is 2.63. The molecule has 0 spiro atoms. The van der Waals surface area contributed by atoms with Gasteiger partial charge in [-0.3, -0.25) is 13.9 Å². The van der Waals surface area contributed by atoms with Crippen molar-refractivity contribution in [2.24, 2.45) is 0 Å². The molecule has 8 heteroatoms. The van der Waals surface area contributed by atoms with Gasteiger partial charge in [0.05, 0.1) is 11.9 Å². The highest BCUT2D eigenvalue weighted by Gasteiger charge is 2.21. The summed E-state index contributed by atoms with van der Waals surface area (Å²) in [5.74, 6) is -0.647. The number of carbonyl (C=O) groups is 2. The maximum absolute atomic E-state index is 12.2. The number of nitrogens with zero attached hydrogens (tertiary/aromatic N) is 1. The van der Waals surface area contributed by atoms with Crippen molar-refractivity contribution in [3.8, 4) is 0 Å². The van der Waals surface area contributed by atoms with E-state index in [1.807, 2.05) is 0 Å². The average molecular weight is 395 g/mol. The van der Waals surface area contributed by atoms with Crippen LogP contribution in [0.25, 0.3) is 0 Å². The van der Waals surface area contributed by atoms with Gasteiger partial charge in [0.25, 0.3) is 0 Å². The Bertz CT molecular complexity index is 911. The lowest BCUT2D eigenvalue weighted by Crippen LogP contribution is -2.40. The second kappa shape index (κ2) is 8.33. The molecule has 1 amide bonds. The second-order valence-electron chi connectivity index (χ2n) is 5.78. The van der Waals surface area contributed by atoms with E-state index in [4.69, 9.17) is 11.6 Å². The van der Waals surface area contributed by atoms with Crippen LogP contribution in [0.5, 0.6) is 0 Å². The van der Waals surface area contributed by atoms with Gasteiger partial charge in [-0.25, -0.2) is 8.42 Å². The lowest BCUT2D eigenvalue weighted by atomic mass is 10.1. The maximum Gasteiger partial charge on any atom is 0.241 e. The molecular weight excluding hydrogens is 376 g/mol. The number of nitrogens with one attached hydrogen (secondary N) is 1. The van der Waals surface area contributed by atoms with E-state index in [-0.39, 0.29) is 24.6 Å². The molecule has 0 fully saturated rings. The number of amides is 1. The normalized spacial score (nSPS) is 11.0. The van der Waals surface area contributed by atoms with Gasteiger partial charge in [-0.1, -0.05) is 35.9 Å². The van der Waals surface area contributed by atoms with E-state index in [1.165, 1.54) is 13.0 Å². The fourth-order valence-corrected chi connectivity index (χ4v) is 3.24. The predicted molar refractivity (Wildman–Crippen MR) is 102 cm³/mol. The van der Waals surface area contributed by atoms with E-state index in [9.17, 15) is 18.0 Å². The third kappa shape index (κ3) is 5.57. The zero-order valence-electron chi connectivity index (χ0n) is 14.4. The molecule has 0 radical (unpaired) electrons. The molecule has 0 aromatic heterocycles. The van der Waals surface area contributed by atoms with Gasteiger partial charge < -0.3 is 5.32 Å². The number of carbonyl (C=O) groups excluding carboxylic acids is 2. The quantitative estimate of drug-likeness (QED) is 0.731. The molecule has 0 heterocycles. The summed E-state index contributed by atoms with van der Waals surface area (Å²) in [6, 6.07) is 13.1. The molecule has 1 N–H and O–H groups in total. The number of halogens is 1. The van der Waals surface area contributed by atoms with Crippen LogP contribution in [0, 0.1) is 0 Å². The number of anilines is 1. The minimum atomic E-state index is -3.70. The van der Waals surface area contributed by atoms with E-state index in [0.717, 1.165) is 16.1 Å². The van der Waals surface area contributed by atoms with Crippen LogP contribution in [0.4, 0.5) is 5.69 Å². The first kappa shape index (κ1) is 19.9. The number of sulfonamides is 1. The summed E-state index contributed by atoms with van der Waals surface area (Å²) in [5.41, 5.74) is 1.48. The summed E-state index contributed by atoms with van der Waals surface area (Å²) in [4.78, 5) is 23.7. The van der Waals surface area contributed by atoms with E-state index < -0.39 is 15.9 Å². The molecule has 138 valence electrons. The number of ketones is 1. The van der Waals surface area contributed by atoms with Crippen molar-refractivity contribution in [1.82, 2.24) is 5.32 Å². The third-order valence-corrected chi connectivity index (χ3v) is 5.02. The van der Waals surface area contributed by atoms with Gasteiger partial charge in [-0.15, -0.1) is 0 Å². The van der Waals surface area contributed by atoms with Crippen LogP contribution in [-0.4, -0.2) is 32.9 Å². The van der Waals surface area contributed by atoms with Crippen molar-refractivity contribution in [3.63, 3.8) is 0 Å². The highest BCUT2D eigenvalue weighted by Crippen LogP contribution is 2.19. The molecule has 0 bridgehead atoms. The fraction of sp³-hybridized carbons (Fsp3) is 0.222. The molecule has 6 nitrogen and oxygen atoms in total. The fourth-order valence-electron chi connectivity index (χ4n) is 2.27. The zero-order valence-corrected chi connectivity index (χ0v) is 16.0. The maximum atomic E-state index is 12.2. The smallest absolute Gasteiger partial charge is 0.241 e. The Morgan fingerprint density at radius 3 is 2.35 bits per heavy atom. The summed E-state index contributed by atoms with van der Waals surface area (Å²) < 4.78 is 25.2. The Hall–Kier alpha value is -2.38. The Morgan fingerprint density at radius 1 is 1.12 bits per heavy atom. The monoisotopic (exact) mass is 394 g/mol. The Labute approximate surface area is 157 Å². The summed E-state index contributed by atoms with van der Waals surface area (Å²) in [6.45, 7) is 1.26. The van der Waals surface area contributed by atoms with Crippen molar-refractivity contribution < 1.29 is 18.0 Å². The van der Waals surface area contributed by atoms with Crippen LogP contribution in [0.1, 0.15) is 22.8 Å². The van der Waals surface area contributed by atoms with E-state index in [0.29, 0.717) is 10.6 Å². The standard InChI is InChI=1S/C18H19ClN2O4S/c1-13(22)15-4-3-5-17(10-15)21(26(2,24)25)12-18(23)20-11-14-6-8-16(19)9-7-14/h3-10H,11-12H2,1-2H3,(H,20,23). The number of Topliss-reactive ketones (excluding diaryl/α,β-unsaturated/α-hetero) is 1. The van der Waals surface area contributed by atoms with E-state index in [1.54, 1.807) is 42.5 Å². The van der Waals surface area contributed by atoms with Crippen LogP contribution in [0.2, 0.25) is 5.02 Å². The van der Waals surface area contributed by atoms with Crippen molar-refractivity contribution in [1.29, 1.82) is 0 Å². The summed E-state index contributed by atoms with van der Waals surface area (Å²) in [5, 5.41) is 3.26. The van der Waals surface area contributed by atoms with Crippen LogP contribution < -0.4 is 9.62 Å². The number of benzene rings is 2. The SMILES string of the molecule is CC(=O)c1cccc(N(CC(=O)NCc2ccc(Cl)cc2)S(C)(=O)=O)c1. The molecule has 2 rings (SSSR count). The van der Waals surface area contributed by atoms with Crippen LogP contribution >= 0.6 is 11.6 Å². The Morgan fingerprint density at radius 2 is 1.77 bits per heavy atom. The van der Waals surface area contributed by atoms with Gasteiger partial charge >= 0.3 is 0 Å². The average Bonchev–Trinajstić information content (AvgIpc) is 2.58. The van der Waals surface area contributed by atoms with Crippen LogP contribution in [0.15, 0.2) is 48.5 Å². The first-order valence-corrected chi connectivity index (χ1v) is 9.99. The minimum Gasteiger partial charge on any atom is -0.350 e. The van der Waals surface area contributed by atoms with Crippen molar-refractivity contribution in [2.45, 2.75) is 13.5 Å². The number of hydrogen-bond donors (Lipinski definition) is 1. The third-order valence-electron chi connectivity index (χ3n) is 3.63. The first-order chi connectivity index (χ1) is 12.2. The lowest BCUT2D eigenvalue weighted by molar-refractivity contribution is -0.119. The molecule has 0 saturated heterocycles. The van der Waals surface area contributed by atoms with Gasteiger partial charge in [-0.2, -0.15) is 0 Å². The van der Waals surface area contributed by atoms with Crippen LogP contribution in [-0.2, 0) is 21.4 Å². The van der Waals surface area contributed by atoms with Gasteiger partial charge in [0.15, 0.2) is 5.78 Å². The summed E-state index contributed by atoms with van der Waals surface area (Å²) in [6.07, 6.45) is 1.01. The zero-order chi connectivity index (χ0) is 19.3. The second-order valence-corrected chi connectivity index (χ2v) is 8.12. The topological polar surface area (TPSA) is 83.6 Å². The van der Waals surface area contributed by atoms with Gasteiger partial charge in [0, 0.05) is 17.1 Å². The van der Waals surface area contributed by atoms with Crippen molar-refractivity contribution in [3.05, 3.63) is 64.7 Å². The molecule has 26 heavy (non-hydrogen) atoms. The molecular formula is C18H19ClN2O4S. The van der Waals surface area contributed by atoms with E-state index >= 15 is 0 Å². The Balaban J connectivity index is 2.13. The molecule has 0 atom stereocenters. The molecule has 0 saturated carbocycles. The van der Waals surface area contributed by atoms with Gasteiger partial charge in [-0.05, 0) is 36.8 Å². The summed E-state index contributed by atoms with van der Waals surface area (Å²) >= 11 is 5.81. The first-order valence-electron chi connectivity index (χ1n) is 7.76. The molecule has 0 unspecified atom stereocenters. The highest BCUT2D eigenvalue weighted by atomic mass is 35.5. The van der Waals surface area contributed by atoms with Gasteiger partial charge in [0.2, 0.25) is 15.9 Å². The number of rotatable bonds is 7. The molecule has 2 aromatic rings. The number of hydrogen-bond acceptors (Lipinski definition) is 4. The lowest BCUT2D eigenvalue weighted by Gasteiger charge is -2.22. The largest absolute Gasteiger partial charge is 0.350 e. The molecule has 0 aliphatic rings. The molecule has 2 aromatic carbocycles. The Kier molecular flexibility index (Phi) is 6.39. The molecule has 0 aliphatic heterocycles. The van der Waals surface area contributed by atoms with Crippen molar-refractivity contribution in [2.75, 3.05) is 17.1 Å². The molecule has 0 aliphatic carbocycles. The van der Waals surface area contributed by atoms with Crippen LogP contribution in [0.3, 0.4) is 0 Å². The van der Waals surface area contributed by atoms with E-state index in [2.05, 4.69) is 5.32 Å². The minimum absolute atomic E-state index is 0.188. The van der Waals surface area contributed by atoms with Gasteiger partial charge in [0.1, 0.15) is 6.54 Å². The van der Waals surface area contributed by atoms with Crippen molar-refractivity contribution >= 4 is 39.0 Å². The highest BCUT2D eigenvalue weighted by molar-refractivity contribution is 7.92. The summed E-state index contributed by atoms with van der Waals surface area (Å²) in [7, 11) is -3.70.